The molecule has 0 spiro atoms. The Morgan fingerprint density at radius 3 is 2.47 bits per heavy atom. The molecule has 1 N–H and O–H groups in total. The molecule has 1 aliphatic heterocycles. The predicted molar refractivity (Wildman–Crippen MR) is 135 cm³/mol. The van der Waals surface area contributed by atoms with E-state index in [1.807, 2.05) is 83.7 Å². The predicted octanol–water partition coefficient (Wildman–Crippen LogP) is 5.50. The van der Waals surface area contributed by atoms with Gasteiger partial charge in [0, 0.05) is 17.6 Å². The van der Waals surface area contributed by atoms with Crippen LogP contribution in [-0.2, 0) is 17.8 Å². The zero-order valence-corrected chi connectivity index (χ0v) is 19.3. The average Bonchev–Trinajstić information content (AvgIpc) is 3.51. The van der Waals surface area contributed by atoms with Gasteiger partial charge in [-0.2, -0.15) is 5.10 Å². The van der Waals surface area contributed by atoms with Gasteiger partial charge in [0.05, 0.1) is 18.1 Å². The first-order chi connectivity index (χ1) is 16.7. The normalized spacial score (nSPS) is 13.9. The van der Waals surface area contributed by atoms with E-state index in [9.17, 15) is 4.79 Å². The topological polar surface area (TPSA) is 59.4 Å². The van der Waals surface area contributed by atoms with Gasteiger partial charge in [0.2, 0.25) is 5.91 Å². The number of carbonyl (C=O) groups excluding carboxylic acids is 1. The lowest BCUT2D eigenvalue weighted by molar-refractivity contribution is -0.115. The van der Waals surface area contributed by atoms with Gasteiger partial charge in [-0.3, -0.25) is 9.48 Å². The number of carbonyl (C=O) groups is 1. The van der Waals surface area contributed by atoms with Gasteiger partial charge in [0.15, 0.2) is 0 Å². The summed E-state index contributed by atoms with van der Waals surface area (Å²) in [6, 6.07) is 23.3. The molecule has 0 atom stereocenters. The van der Waals surface area contributed by atoms with E-state index < -0.39 is 0 Å². The van der Waals surface area contributed by atoms with Crippen LogP contribution in [0, 0.1) is 0 Å². The first-order valence-electron chi connectivity index (χ1n) is 12.0. The Balaban J connectivity index is 1.17. The maximum absolute atomic E-state index is 12.7. The van der Waals surface area contributed by atoms with Crippen LogP contribution >= 0.6 is 0 Å². The quantitative estimate of drug-likeness (QED) is 0.363. The Kier molecular flexibility index (Phi) is 6.86. The number of aryl methyl sites for hydroxylation is 1. The fourth-order valence-electron chi connectivity index (χ4n) is 4.47. The first-order valence-corrected chi connectivity index (χ1v) is 12.0. The Bertz CT molecular complexity index is 1230. The van der Waals surface area contributed by atoms with E-state index in [1.165, 1.54) is 25.9 Å². The van der Waals surface area contributed by atoms with E-state index in [2.05, 4.69) is 15.3 Å². The molecule has 1 aliphatic rings. The van der Waals surface area contributed by atoms with Crippen molar-refractivity contribution in [3.05, 3.63) is 84.6 Å². The first kappa shape index (κ1) is 22.2. The molecule has 2 heterocycles. The summed E-state index contributed by atoms with van der Waals surface area (Å²) in [5, 5.41) is 8.69. The molecule has 6 heteroatoms. The van der Waals surface area contributed by atoms with Crippen molar-refractivity contribution in [2.45, 2.75) is 32.2 Å². The molecule has 0 bridgehead atoms. The molecule has 0 saturated carbocycles. The highest BCUT2D eigenvalue weighted by Gasteiger charge is 2.12. The number of aromatic nitrogens is 2. The third-order valence-electron chi connectivity index (χ3n) is 6.24. The van der Waals surface area contributed by atoms with Crippen LogP contribution in [-0.4, -0.2) is 40.2 Å². The number of likely N-dealkylation sites (tertiary alicyclic amines) is 1. The second kappa shape index (κ2) is 10.5. The summed E-state index contributed by atoms with van der Waals surface area (Å²) in [5.41, 5.74) is 2.79. The Labute approximate surface area is 200 Å². The minimum Gasteiger partial charge on any atom is -0.457 e. The summed E-state index contributed by atoms with van der Waals surface area (Å²) >= 11 is 0. The van der Waals surface area contributed by atoms with Crippen LogP contribution in [0.4, 0.5) is 5.69 Å². The SMILES string of the molecule is O=C(Cc1ccc(Oc2ccccc2)cc1)Nc1ccc2cnn(CCCN3CCCC3)c2c1. The largest absolute Gasteiger partial charge is 0.457 e. The monoisotopic (exact) mass is 454 g/mol. The standard InChI is InChI=1S/C28H30N4O2/c33-28(19-22-9-13-26(14-10-22)34-25-7-2-1-3-8-25)30-24-12-11-23-21-29-32(27(23)20-24)18-6-17-31-15-4-5-16-31/h1-3,7-14,20-21H,4-6,15-19H2,(H,30,33). The van der Waals surface area contributed by atoms with Crippen LogP contribution < -0.4 is 10.1 Å². The Morgan fingerprint density at radius 2 is 1.68 bits per heavy atom. The minimum absolute atomic E-state index is 0.0452. The molecular weight excluding hydrogens is 424 g/mol. The van der Waals surface area contributed by atoms with Crippen molar-refractivity contribution in [3.63, 3.8) is 0 Å². The number of rotatable bonds is 9. The zero-order valence-electron chi connectivity index (χ0n) is 19.3. The van der Waals surface area contributed by atoms with Crippen LogP contribution in [0.3, 0.4) is 0 Å². The van der Waals surface area contributed by atoms with Gasteiger partial charge in [0.25, 0.3) is 0 Å². The van der Waals surface area contributed by atoms with Crippen LogP contribution in [0.5, 0.6) is 11.5 Å². The Morgan fingerprint density at radius 1 is 0.912 bits per heavy atom. The number of para-hydroxylation sites is 1. The molecule has 1 aromatic heterocycles. The van der Waals surface area contributed by atoms with Crippen molar-refractivity contribution in [2.75, 3.05) is 25.0 Å². The molecule has 34 heavy (non-hydrogen) atoms. The van der Waals surface area contributed by atoms with E-state index >= 15 is 0 Å². The molecule has 0 radical (unpaired) electrons. The number of anilines is 1. The van der Waals surface area contributed by atoms with E-state index in [0.29, 0.717) is 6.42 Å². The number of hydrogen-bond donors (Lipinski definition) is 1. The highest BCUT2D eigenvalue weighted by molar-refractivity contribution is 5.94. The van der Waals surface area contributed by atoms with Crippen molar-refractivity contribution >= 4 is 22.5 Å². The maximum Gasteiger partial charge on any atom is 0.228 e. The summed E-state index contributed by atoms with van der Waals surface area (Å²) in [6.45, 7) is 4.44. The van der Waals surface area contributed by atoms with E-state index in [4.69, 9.17) is 4.74 Å². The lowest BCUT2D eigenvalue weighted by Crippen LogP contribution is -2.21. The van der Waals surface area contributed by atoms with E-state index in [1.54, 1.807) is 0 Å². The average molecular weight is 455 g/mol. The van der Waals surface area contributed by atoms with Crippen LogP contribution in [0.25, 0.3) is 10.9 Å². The molecule has 5 rings (SSSR count). The van der Waals surface area contributed by atoms with Gasteiger partial charge >= 0.3 is 0 Å². The van der Waals surface area contributed by atoms with Gasteiger partial charge in [0.1, 0.15) is 11.5 Å². The van der Waals surface area contributed by atoms with Crippen molar-refractivity contribution < 1.29 is 9.53 Å². The molecule has 1 amide bonds. The smallest absolute Gasteiger partial charge is 0.228 e. The third kappa shape index (κ3) is 5.64. The zero-order chi connectivity index (χ0) is 23.2. The minimum atomic E-state index is -0.0452. The lowest BCUT2D eigenvalue weighted by Gasteiger charge is -2.14. The summed E-state index contributed by atoms with van der Waals surface area (Å²) in [7, 11) is 0. The second-order valence-electron chi connectivity index (χ2n) is 8.83. The molecule has 0 aliphatic carbocycles. The van der Waals surface area contributed by atoms with Crippen molar-refractivity contribution in [2.24, 2.45) is 0 Å². The molecular formula is C28H30N4O2. The summed E-state index contributed by atoms with van der Waals surface area (Å²) in [5.74, 6) is 1.49. The second-order valence-corrected chi connectivity index (χ2v) is 8.83. The van der Waals surface area contributed by atoms with Gasteiger partial charge in [-0.05, 0) is 86.9 Å². The van der Waals surface area contributed by atoms with Crippen molar-refractivity contribution in [3.8, 4) is 11.5 Å². The molecule has 4 aromatic rings. The third-order valence-corrected chi connectivity index (χ3v) is 6.24. The molecule has 3 aromatic carbocycles. The van der Waals surface area contributed by atoms with Gasteiger partial charge < -0.3 is 15.0 Å². The van der Waals surface area contributed by atoms with Gasteiger partial charge in [-0.1, -0.05) is 30.3 Å². The number of hydrogen-bond acceptors (Lipinski definition) is 4. The molecule has 1 fully saturated rings. The molecule has 1 saturated heterocycles. The van der Waals surface area contributed by atoms with E-state index in [0.717, 1.165) is 53.2 Å². The number of benzene rings is 3. The number of amides is 1. The molecule has 6 nitrogen and oxygen atoms in total. The van der Waals surface area contributed by atoms with Gasteiger partial charge in [-0.25, -0.2) is 0 Å². The highest BCUT2D eigenvalue weighted by atomic mass is 16.5. The van der Waals surface area contributed by atoms with Gasteiger partial charge in [-0.15, -0.1) is 0 Å². The summed E-state index contributed by atoms with van der Waals surface area (Å²) in [6.07, 6.45) is 5.92. The number of ether oxygens (including phenoxy) is 1. The van der Waals surface area contributed by atoms with Crippen LogP contribution in [0.15, 0.2) is 79.0 Å². The Hall–Kier alpha value is -3.64. The number of fused-ring (bicyclic) bond motifs is 1. The van der Waals surface area contributed by atoms with Crippen LogP contribution in [0.2, 0.25) is 0 Å². The fourth-order valence-corrected chi connectivity index (χ4v) is 4.47. The van der Waals surface area contributed by atoms with Crippen molar-refractivity contribution in [1.82, 2.24) is 14.7 Å². The maximum atomic E-state index is 12.7. The molecule has 174 valence electrons. The number of nitrogens with one attached hydrogen (secondary N) is 1. The van der Waals surface area contributed by atoms with Crippen LogP contribution in [0.1, 0.15) is 24.8 Å². The van der Waals surface area contributed by atoms with Crippen molar-refractivity contribution in [1.29, 1.82) is 0 Å². The fraction of sp³-hybridized carbons (Fsp3) is 0.286. The van der Waals surface area contributed by atoms with E-state index in [-0.39, 0.29) is 5.91 Å². The summed E-state index contributed by atoms with van der Waals surface area (Å²) in [4.78, 5) is 15.2. The lowest BCUT2D eigenvalue weighted by atomic mass is 10.1. The summed E-state index contributed by atoms with van der Waals surface area (Å²) < 4.78 is 7.87. The number of nitrogens with zero attached hydrogens (tertiary/aromatic N) is 3. The molecule has 0 unspecified atom stereocenters. The highest BCUT2D eigenvalue weighted by Crippen LogP contribution is 2.22.